The van der Waals surface area contributed by atoms with Gasteiger partial charge >= 0.3 is 0 Å². The molecular weight excluding hydrogens is 576 g/mol. The van der Waals surface area contributed by atoms with Gasteiger partial charge in [-0.25, -0.2) is 0 Å². The molecule has 0 saturated carbocycles. The van der Waals surface area contributed by atoms with Crippen LogP contribution < -0.4 is 0 Å². The zero-order valence-electron chi connectivity index (χ0n) is 25.6. The third-order valence-electron chi connectivity index (χ3n) is 6.68. The van der Waals surface area contributed by atoms with E-state index in [-0.39, 0.29) is 45.5 Å². The summed E-state index contributed by atoms with van der Waals surface area (Å²) in [4.78, 5) is 0. The van der Waals surface area contributed by atoms with Gasteiger partial charge in [0.1, 0.15) is 0 Å². The molecule has 0 aromatic rings. The molecule has 2 nitrogen and oxygen atoms in total. The smallest absolute Gasteiger partial charge is 0 e. The molecule has 0 unspecified atom stereocenters. The number of rotatable bonds is 28. The van der Waals surface area contributed by atoms with Crippen LogP contribution in [0.4, 0.5) is 4.70 Å². The molecule has 0 heterocycles. The van der Waals surface area contributed by atoms with E-state index in [1.807, 2.05) is 0 Å². The summed E-state index contributed by atoms with van der Waals surface area (Å²) in [5.74, 6) is 0. The molecule has 36 heavy (non-hydrogen) atoms. The van der Waals surface area contributed by atoms with Crippen molar-refractivity contribution in [1.82, 2.24) is 0 Å². The molecule has 0 atom stereocenters. The standard InChI is InChI=1S/2C16H34N.FH.Nd/c2*1-3-5-7-9-11-13-15-17-16-14-12-10-8-6-4-2;;/h2*3-16H2,1-2H3;1H;/q2*-1;;. The van der Waals surface area contributed by atoms with Gasteiger partial charge in [-0.3, -0.25) is 4.70 Å². The number of hydrogen-bond acceptors (Lipinski definition) is 0. The molecule has 4 heteroatoms. The Morgan fingerprint density at radius 1 is 0.278 bits per heavy atom. The average Bonchev–Trinajstić information content (AvgIpc) is 2.85. The molecule has 0 amide bonds. The molecule has 0 aromatic carbocycles. The first-order chi connectivity index (χ1) is 16.8. The van der Waals surface area contributed by atoms with Gasteiger partial charge in [-0.1, -0.05) is 182 Å². The fourth-order valence-corrected chi connectivity index (χ4v) is 4.24. The van der Waals surface area contributed by atoms with Crippen LogP contribution in [0.2, 0.25) is 0 Å². The Morgan fingerprint density at radius 2 is 0.444 bits per heavy atom. The average molecular weight is 645 g/mol. The summed E-state index contributed by atoms with van der Waals surface area (Å²) in [6.07, 6.45) is 33.2. The molecule has 0 aliphatic carbocycles. The first-order valence-electron chi connectivity index (χ1n) is 16.1. The van der Waals surface area contributed by atoms with Crippen molar-refractivity contribution in [3.05, 3.63) is 10.6 Å². The van der Waals surface area contributed by atoms with E-state index < -0.39 is 0 Å². The normalized spacial score (nSPS) is 10.3. The van der Waals surface area contributed by atoms with Gasteiger partial charge in [0, 0.05) is 40.8 Å². The Balaban J connectivity index is -0.000000269. The van der Waals surface area contributed by atoms with Crippen LogP contribution in [0.25, 0.3) is 10.6 Å². The third-order valence-corrected chi connectivity index (χ3v) is 6.68. The Kier molecular flexibility index (Phi) is 56.6. The number of halogens is 1. The summed E-state index contributed by atoms with van der Waals surface area (Å²) in [7, 11) is 0. The first kappa shape index (κ1) is 44.2. The summed E-state index contributed by atoms with van der Waals surface area (Å²) in [6, 6.07) is 0. The van der Waals surface area contributed by atoms with Crippen molar-refractivity contribution in [2.45, 2.75) is 182 Å². The maximum absolute atomic E-state index is 4.61. The maximum Gasteiger partial charge on any atom is 0 e. The fraction of sp³-hybridized carbons (Fsp3) is 1.00. The topological polar surface area (TPSA) is 28.2 Å². The zero-order chi connectivity index (χ0) is 25.2. The van der Waals surface area contributed by atoms with E-state index in [0.717, 1.165) is 26.2 Å². The summed E-state index contributed by atoms with van der Waals surface area (Å²) in [6.45, 7) is 13.5. The van der Waals surface area contributed by atoms with Crippen LogP contribution in [0, 0.1) is 40.8 Å². The number of nitrogens with zero attached hydrogens (tertiary/aromatic N) is 2. The zero-order valence-corrected chi connectivity index (χ0v) is 28.8. The predicted molar refractivity (Wildman–Crippen MR) is 162 cm³/mol. The number of hydrogen-bond donors (Lipinski definition) is 0. The van der Waals surface area contributed by atoms with Crippen molar-refractivity contribution in [2.75, 3.05) is 26.2 Å². The van der Waals surface area contributed by atoms with Gasteiger partial charge in [0.15, 0.2) is 0 Å². The SMILES string of the molecule is CCCCCCCC[N-]CCCCCCCC.CCCCCCCC[N-]CCCCCCCC.F.[Nd]. The molecule has 0 saturated heterocycles. The second-order valence-corrected chi connectivity index (χ2v) is 10.4. The number of unbranched alkanes of at least 4 members (excludes halogenated alkanes) is 20. The van der Waals surface area contributed by atoms with Crippen LogP contribution in [-0.2, 0) is 0 Å². The van der Waals surface area contributed by atoms with Gasteiger partial charge in [0.25, 0.3) is 0 Å². The van der Waals surface area contributed by atoms with Crippen LogP contribution in [-0.4, -0.2) is 26.2 Å². The van der Waals surface area contributed by atoms with Gasteiger partial charge in [0.2, 0.25) is 0 Å². The molecule has 0 aromatic heterocycles. The first-order valence-corrected chi connectivity index (χ1v) is 16.1. The Morgan fingerprint density at radius 3 is 0.639 bits per heavy atom. The second-order valence-electron chi connectivity index (χ2n) is 10.4. The van der Waals surface area contributed by atoms with E-state index in [9.17, 15) is 0 Å². The molecule has 0 fully saturated rings. The Labute approximate surface area is 262 Å². The van der Waals surface area contributed by atoms with E-state index in [0.29, 0.717) is 0 Å². The van der Waals surface area contributed by atoms with Crippen LogP contribution in [0.3, 0.4) is 0 Å². The second kappa shape index (κ2) is 46.1. The van der Waals surface area contributed by atoms with Crippen molar-refractivity contribution >= 4 is 0 Å². The predicted octanol–water partition coefficient (Wildman–Crippen LogP) is 12.3. The van der Waals surface area contributed by atoms with E-state index in [1.165, 1.54) is 154 Å². The summed E-state index contributed by atoms with van der Waals surface area (Å²) in [5.41, 5.74) is 0. The monoisotopic (exact) mass is 642 g/mol. The molecule has 0 rings (SSSR count). The molecule has 220 valence electrons. The molecule has 0 spiro atoms. The van der Waals surface area contributed by atoms with Gasteiger partial charge in [0.05, 0.1) is 0 Å². The third kappa shape index (κ3) is 48.3. The molecule has 0 radical (unpaired) electrons. The van der Waals surface area contributed by atoms with Crippen LogP contribution in [0.1, 0.15) is 182 Å². The molecule has 0 aliphatic rings. The largest absolute Gasteiger partial charge is 0.662 e. The minimum absolute atomic E-state index is 0. The van der Waals surface area contributed by atoms with E-state index in [2.05, 4.69) is 38.3 Å². The minimum atomic E-state index is 0. The van der Waals surface area contributed by atoms with Crippen molar-refractivity contribution in [1.29, 1.82) is 0 Å². The van der Waals surface area contributed by atoms with Gasteiger partial charge in [-0.15, -0.1) is 26.2 Å². The van der Waals surface area contributed by atoms with Crippen LogP contribution >= 0.6 is 0 Å². The van der Waals surface area contributed by atoms with E-state index in [4.69, 9.17) is 0 Å². The van der Waals surface area contributed by atoms with E-state index >= 15 is 0 Å². The fourth-order valence-electron chi connectivity index (χ4n) is 4.24. The maximum atomic E-state index is 4.61. The molecule has 0 aliphatic heterocycles. The summed E-state index contributed by atoms with van der Waals surface area (Å²) >= 11 is 0. The van der Waals surface area contributed by atoms with Crippen molar-refractivity contribution in [3.8, 4) is 0 Å². The van der Waals surface area contributed by atoms with Gasteiger partial charge in [-0.2, -0.15) is 0 Å². The van der Waals surface area contributed by atoms with E-state index in [1.54, 1.807) is 0 Å². The Hall–Kier alpha value is 1.20. The van der Waals surface area contributed by atoms with Crippen LogP contribution in [0.5, 0.6) is 0 Å². The Bertz CT molecular complexity index is 261. The molecule has 0 bridgehead atoms. The minimum Gasteiger partial charge on any atom is -0.662 e. The van der Waals surface area contributed by atoms with Crippen molar-refractivity contribution < 1.29 is 45.5 Å². The quantitative estimate of drug-likeness (QED) is 0.0758. The summed E-state index contributed by atoms with van der Waals surface area (Å²) < 4.78 is 0. The van der Waals surface area contributed by atoms with Crippen molar-refractivity contribution in [3.63, 3.8) is 0 Å². The van der Waals surface area contributed by atoms with Gasteiger partial charge in [-0.05, 0) is 0 Å². The van der Waals surface area contributed by atoms with Crippen molar-refractivity contribution in [2.24, 2.45) is 0 Å². The molecular formula is C32H69FN2Nd-2. The molecule has 0 N–H and O–H groups in total. The van der Waals surface area contributed by atoms with Crippen LogP contribution in [0.15, 0.2) is 0 Å². The van der Waals surface area contributed by atoms with Gasteiger partial charge < -0.3 is 10.6 Å². The summed E-state index contributed by atoms with van der Waals surface area (Å²) in [5, 5.41) is 9.21.